The molecule has 24 heavy (non-hydrogen) atoms. The Balaban J connectivity index is 1.67. The number of hydrogen-bond donors (Lipinski definition) is 0. The summed E-state index contributed by atoms with van der Waals surface area (Å²) in [5.41, 5.74) is 0.912. The molecular weight excluding hydrogens is 304 g/mol. The molecule has 3 heterocycles. The highest BCUT2D eigenvalue weighted by atomic mass is 16.2. The van der Waals surface area contributed by atoms with E-state index in [1.54, 1.807) is 6.33 Å². The molecule has 0 N–H and O–H groups in total. The standard InChI is InChI=1S/C17H22N6O/c1-12-10-23(15(24)4-7-18)14(12)6-9-22(3)17-13-5-8-21(2)16(13)19-11-20-17/h5,8,11-12,14H,4,6,9-10H2,1-3H3/t12-,14?/m0/s1. The summed E-state index contributed by atoms with van der Waals surface area (Å²) in [6.45, 7) is 3.71. The van der Waals surface area contributed by atoms with Crippen molar-refractivity contribution >= 4 is 22.8 Å². The van der Waals surface area contributed by atoms with Crippen LogP contribution in [0, 0.1) is 17.2 Å². The summed E-state index contributed by atoms with van der Waals surface area (Å²) in [6.07, 6.45) is 4.40. The van der Waals surface area contributed by atoms with E-state index in [1.165, 1.54) is 0 Å². The molecule has 1 fully saturated rings. The van der Waals surface area contributed by atoms with Crippen LogP contribution >= 0.6 is 0 Å². The first-order valence-corrected chi connectivity index (χ1v) is 8.16. The van der Waals surface area contributed by atoms with E-state index in [-0.39, 0.29) is 18.4 Å². The fourth-order valence-electron chi connectivity index (χ4n) is 3.43. The van der Waals surface area contributed by atoms with E-state index in [2.05, 4.69) is 21.8 Å². The molecule has 0 spiro atoms. The van der Waals surface area contributed by atoms with Gasteiger partial charge in [0.15, 0.2) is 0 Å². The third-order valence-electron chi connectivity index (χ3n) is 4.86. The summed E-state index contributed by atoms with van der Waals surface area (Å²) in [5, 5.41) is 9.73. The molecule has 0 aromatic carbocycles. The first-order valence-electron chi connectivity index (χ1n) is 8.16. The quantitative estimate of drug-likeness (QED) is 0.833. The number of aryl methyl sites for hydroxylation is 1. The van der Waals surface area contributed by atoms with E-state index in [9.17, 15) is 4.79 Å². The number of carbonyl (C=O) groups is 1. The lowest BCUT2D eigenvalue weighted by atomic mass is 9.87. The summed E-state index contributed by atoms with van der Waals surface area (Å²) in [5.74, 6) is 1.32. The van der Waals surface area contributed by atoms with Crippen LogP contribution in [0.5, 0.6) is 0 Å². The fourth-order valence-corrected chi connectivity index (χ4v) is 3.43. The van der Waals surface area contributed by atoms with Gasteiger partial charge in [0, 0.05) is 39.4 Å². The Labute approximate surface area is 141 Å². The number of rotatable bonds is 5. The van der Waals surface area contributed by atoms with Gasteiger partial charge < -0.3 is 14.4 Å². The Morgan fingerprint density at radius 3 is 3.00 bits per heavy atom. The number of amides is 1. The van der Waals surface area contributed by atoms with Crippen LogP contribution in [0.4, 0.5) is 5.82 Å². The van der Waals surface area contributed by atoms with Crippen LogP contribution in [0.1, 0.15) is 19.8 Å². The van der Waals surface area contributed by atoms with Crippen molar-refractivity contribution in [3.05, 3.63) is 18.6 Å². The Kier molecular flexibility index (Phi) is 4.38. The number of nitriles is 1. The first kappa shape index (κ1) is 16.2. The van der Waals surface area contributed by atoms with Crippen molar-refractivity contribution in [1.29, 1.82) is 5.26 Å². The van der Waals surface area contributed by atoms with Gasteiger partial charge >= 0.3 is 0 Å². The monoisotopic (exact) mass is 326 g/mol. The van der Waals surface area contributed by atoms with Gasteiger partial charge in [0.1, 0.15) is 24.2 Å². The predicted octanol–water partition coefficient (Wildman–Crippen LogP) is 1.56. The smallest absolute Gasteiger partial charge is 0.237 e. The van der Waals surface area contributed by atoms with Crippen molar-refractivity contribution in [2.75, 3.05) is 25.0 Å². The fraction of sp³-hybridized carbons (Fsp3) is 0.529. The second-order valence-electron chi connectivity index (χ2n) is 6.50. The van der Waals surface area contributed by atoms with Crippen molar-refractivity contribution in [3.8, 4) is 6.07 Å². The van der Waals surface area contributed by atoms with Gasteiger partial charge in [-0.15, -0.1) is 0 Å². The van der Waals surface area contributed by atoms with Crippen molar-refractivity contribution in [2.24, 2.45) is 13.0 Å². The minimum Gasteiger partial charge on any atom is -0.359 e. The first-order chi connectivity index (χ1) is 11.5. The number of hydrogen-bond acceptors (Lipinski definition) is 5. The van der Waals surface area contributed by atoms with E-state index in [0.717, 1.165) is 36.4 Å². The molecule has 3 rings (SSSR count). The number of likely N-dealkylation sites (tertiary alicyclic amines) is 1. The summed E-state index contributed by atoms with van der Waals surface area (Å²) >= 11 is 0. The molecule has 1 unspecified atom stereocenters. The highest BCUT2D eigenvalue weighted by Gasteiger charge is 2.38. The van der Waals surface area contributed by atoms with E-state index in [4.69, 9.17) is 5.26 Å². The maximum absolute atomic E-state index is 11.9. The molecule has 2 aromatic rings. The van der Waals surface area contributed by atoms with Crippen LogP contribution in [-0.2, 0) is 11.8 Å². The number of anilines is 1. The molecule has 2 aromatic heterocycles. The molecule has 0 bridgehead atoms. The number of carbonyl (C=O) groups excluding carboxylic acids is 1. The average Bonchev–Trinajstić information content (AvgIpc) is 2.94. The maximum atomic E-state index is 11.9. The molecule has 0 saturated carbocycles. The topological polar surface area (TPSA) is 78.1 Å². The van der Waals surface area contributed by atoms with Crippen LogP contribution in [-0.4, -0.2) is 51.5 Å². The summed E-state index contributed by atoms with van der Waals surface area (Å²) in [7, 11) is 3.98. The lowest BCUT2D eigenvalue weighted by Crippen LogP contribution is -2.58. The third-order valence-corrected chi connectivity index (χ3v) is 4.86. The lowest BCUT2D eigenvalue weighted by Gasteiger charge is -2.47. The summed E-state index contributed by atoms with van der Waals surface area (Å²) in [4.78, 5) is 24.6. The van der Waals surface area contributed by atoms with Gasteiger partial charge in [0.05, 0.1) is 11.5 Å². The average molecular weight is 326 g/mol. The molecule has 126 valence electrons. The lowest BCUT2D eigenvalue weighted by molar-refractivity contribution is -0.142. The molecule has 1 saturated heterocycles. The highest BCUT2D eigenvalue weighted by molar-refractivity contribution is 5.87. The van der Waals surface area contributed by atoms with Crippen molar-refractivity contribution < 1.29 is 4.79 Å². The minimum atomic E-state index is -0.0595. The zero-order valence-electron chi connectivity index (χ0n) is 14.3. The number of fused-ring (bicyclic) bond motifs is 1. The Morgan fingerprint density at radius 1 is 1.50 bits per heavy atom. The van der Waals surface area contributed by atoms with E-state index >= 15 is 0 Å². The van der Waals surface area contributed by atoms with Crippen molar-refractivity contribution in [2.45, 2.75) is 25.8 Å². The predicted molar refractivity (Wildman–Crippen MR) is 91.3 cm³/mol. The largest absolute Gasteiger partial charge is 0.359 e. The molecule has 1 aliphatic heterocycles. The van der Waals surface area contributed by atoms with E-state index < -0.39 is 0 Å². The minimum absolute atomic E-state index is 0.0321. The molecule has 0 aliphatic carbocycles. The van der Waals surface area contributed by atoms with E-state index in [1.807, 2.05) is 41.9 Å². The molecule has 1 aliphatic rings. The molecule has 0 radical (unpaired) electrons. The van der Waals surface area contributed by atoms with Gasteiger partial charge in [-0.05, 0) is 18.4 Å². The van der Waals surface area contributed by atoms with Gasteiger partial charge in [0.2, 0.25) is 5.91 Å². The molecule has 1 amide bonds. The highest BCUT2D eigenvalue weighted by Crippen LogP contribution is 2.29. The van der Waals surface area contributed by atoms with Gasteiger partial charge in [-0.25, -0.2) is 9.97 Å². The Hall–Kier alpha value is -2.62. The summed E-state index contributed by atoms with van der Waals surface area (Å²) in [6, 6.07) is 4.18. The second-order valence-corrected chi connectivity index (χ2v) is 6.50. The van der Waals surface area contributed by atoms with Crippen LogP contribution < -0.4 is 4.90 Å². The molecule has 2 atom stereocenters. The Bertz CT molecular complexity index is 792. The van der Waals surface area contributed by atoms with Crippen LogP contribution in [0.25, 0.3) is 11.0 Å². The molecule has 7 nitrogen and oxygen atoms in total. The zero-order valence-corrected chi connectivity index (χ0v) is 14.3. The van der Waals surface area contributed by atoms with Gasteiger partial charge in [-0.3, -0.25) is 4.79 Å². The van der Waals surface area contributed by atoms with Crippen LogP contribution in [0.2, 0.25) is 0 Å². The third kappa shape index (κ3) is 2.80. The van der Waals surface area contributed by atoms with Crippen molar-refractivity contribution in [3.63, 3.8) is 0 Å². The maximum Gasteiger partial charge on any atom is 0.237 e. The van der Waals surface area contributed by atoms with Gasteiger partial charge in [-0.2, -0.15) is 5.26 Å². The molecular formula is C17H22N6O. The molecule has 7 heteroatoms. The second kappa shape index (κ2) is 6.48. The van der Waals surface area contributed by atoms with Crippen LogP contribution in [0.15, 0.2) is 18.6 Å². The zero-order chi connectivity index (χ0) is 17.3. The summed E-state index contributed by atoms with van der Waals surface area (Å²) < 4.78 is 1.98. The van der Waals surface area contributed by atoms with E-state index in [0.29, 0.717) is 5.92 Å². The SMILES string of the molecule is C[C@H]1CN(C(=O)CC#N)C1CCN(C)c1ncnc2c1ccn2C. The Morgan fingerprint density at radius 2 is 2.29 bits per heavy atom. The normalized spacial score (nSPS) is 19.8. The van der Waals surface area contributed by atoms with Gasteiger partial charge in [-0.1, -0.05) is 6.92 Å². The number of aromatic nitrogens is 3. The van der Waals surface area contributed by atoms with Crippen LogP contribution in [0.3, 0.4) is 0 Å². The van der Waals surface area contributed by atoms with Crippen molar-refractivity contribution in [1.82, 2.24) is 19.4 Å². The number of nitrogens with zero attached hydrogens (tertiary/aromatic N) is 6. The van der Waals surface area contributed by atoms with Gasteiger partial charge in [0.25, 0.3) is 0 Å².